The van der Waals surface area contributed by atoms with E-state index in [1.807, 2.05) is 32.2 Å². The number of thiophene rings is 1. The van der Waals surface area contributed by atoms with Crippen LogP contribution in [0.5, 0.6) is 0 Å². The minimum Gasteiger partial charge on any atom is -0.329 e. The number of aryl methyl sites for hydroxylation is 1. The number of hydrogen-bond acceptors (Lipinski definition) is 3. The van der Waals surface area contributed by atoms with E-state index in [1.54, 1.807) is 11.3 Å². The normalized spacial score (nSPS) is 11.7. The van der Waals surface area contributed by atoms with Gasteiger partial charge in [-0.2, -0.15) is 0 Å². The molecule has 3 heteroatoms. The van der Waals surface area contributed by atoms with Gasteiger partial charge in [-0.15, -0.1) is 11.3 Å². The molecule has 0 saturated heterocycles. The molecule has 1 rings (SSSR count). The number of rotatable bonds is 5. The van der Waals surface area contributed by atoms with E-state index in [0.717, 1.165) is 18.4 Å². The molecule has 0 fully saturated rings. The summed E-state index contributed by atoms with van der Waals surface area (Å²) in [6.07, 6.45) is 1.63. The highest BCUT2D eigenvalue weighted by molar-refractivity contribution is 7.10. The van der Waals surface area contributed by atoms with Gasteiger partial charge in [0, 0.05) is 27.8 Å². The summed E-state index contributed by atoms with van der Waals surface area (Å²) in [5.41, 5.74) is 6.23. The first-order chi connectivity index (χ1) is 7.09. The molecule has 0 aliphatic heterocycles. The van der Waals surface area contributed by atoms with E-state index in [0.29, 0.717) is 6.54 Å². The number of carbonyl (C=O) groups excluding carboxylic acids is 1. The third-order valence-electron chi connectivity index (χ3n) is 3.22. The van der Waals surface area contributed by atoms with Crippen LogP contribution in [0.2, 0.25) is 0 Å². The molecule has 0 aliphatic rings. The molecular formula is C12H19NOS. The summed E-state index contributed by atoms with van der Waals surface area (Å²) in [5, 5.41) is 1.94. The second-order valence-corrected chi connectivity index (χ2v) is 5.08. The molecule has 0 radical (unpaired) electrons. The highest BCUT2D eigenvalue weighted by Crippen LogP contribution is 2.31. The Bertz CT molecular complexity index is 331. The lowest BCUT2D eigenvalue weighted by Gasteiger charge is -2.27. The van der Waals surface area contributed by atoms with E-state index in [2.05, 4.69) is 0 Å². The van der Waals surface area contributed by atoms with Crippen molar-refractivity contribution in [3.63, 3.8) is 0 Å². The van der Waals surface area contributed by atoms with Gasteiger partial charge in [-0.25, -0.2) is 0 Å². The Balaban J connectivity index is 3.00. The maximum absolute atomic E-state index is 12.3. The standard InChI is InChI=1S/C12H19NOS/c1-4-12(5-2,8-13)11(14)10-6-9(3)15-7-10/h6-7H,4-5,8,13H2,1-3H3. The maximum Gasteiger partial charge on any atom is 0.171 e. The summed E-state index contributed by atoms with van der Waals surface area (Å²) in [6.45, 7) is 6.53. The number of Topliss-reactive ketones (excluding diaryl/α,β-unsaturated/α-hetero) is 1. The Kier molecular flexibility index (Phi) is 4.05. The molecule has 0 saturated carbocycles. The fourth-order valence-electron chi connectivity index (χ4n) is 1.82. The molecule has 84 valence electrons. The highest BCUT2D eigenvalue weighted by Gasteiger charge is 2.34. The van der Waals surface area contributed by atoms with Crippen LogP contribution in [0.15, 0.2) is 11.4 Å². The molecule has 0 unspecified atom stereocenters. The lowest BCUT2D eigenvalue weighted by molar-refractivity contribution is 0.0788. The van der Waals surface area contributed by atoms with Gasteiger partial charge in [0.25, 0.3) is 0 Å². The van der Waals surface area contributed by atoms with Gasteiger partial charge in [-0.1, -0.05) is 13.8 Å². The zero-order valence-electron chi connectivity index (χ0n) is 9.67. The van der Waals surface area contributed by atoms with E-state index >= 15 is 0 Å². The van der Waals surface area contributed by atoms with Gasteiger partial charge in [0.2, 0.25) is 0 Å². The first-order valence-corrected chi connectivity index (χ1v) is 6.27. The molecule has 1 heterocycles. The van der Waals surface area contributed by atoms with Crippen molar-refractivity contribution < 1.29 is 4.79 Å². The molecule has 15 heavy (non-hydrogen) atoms. The van der Waals surface area contributed by atoms with Crippen molar-refractivity contribution in [2.45, 2.75) is 33.6 Å². The second-order valence-electron chi connectivity index (χ2n) is 3.97. The summed E-state index contributed by atoms with van der Waals surface area (Å²) in [4.78, 5) is 13.5. The number of ketones is 1. The van der Waals surface area contributed by atoms with E-state index in [9.17, 15) is 4.79 Å². The third kappa shape index (κ3) is 2.29. The monoisotopic (exact) mass is 225 g/mol. The smallest absolute Gasteiger partial charge is 0.171 e. The van der Waals surface area contributed by atoms with Crippen LogP contribution in [0.25, 0.3) is 0 Å². The van der Waals surface area contributed by atoms with Gasteiger partial charge in [-0.3, -0.25) is 4.79 Å². The summed E-state index contributed by atoms with van der Waals surface area (Å²) < 4.78 is 0. The molecule has 0 atom stereocenters. The van der Waals surface area contributed by atoms with Crippen LogP contribution in [-0.2, 0) is 0 Å². The highest BCUT2D eigenvalue weighted by atomic mass is 32.1. The largest absolute Gasteiger partial charge is 0.329 e. The van der Waals surface area contributed by atoms with E-state index in [-0.39, 0.29) is 11.2 Å². The maximum atomic E-state index is 12.3. The molecule has 0 aromatic carbocycles. The predicted octanol–water partition coefficient (Wildman–Crippen LogP) is 3.00. The van der Waals surface area contributed by atoms with Crippen LogP contribution in [0.3, 0.4) is 0 Å². The zero-order chi connectivity index (χ0) is 11.5. The number of carbonyl (C=O) groups is 1. The van der Waals surface area contributed by atoms with Gasteiger partial charge in [0.05, 0.1) is 0 Å². The fourth-order valence-corrected chi connectivity index (χ4v) is 2.50. The van der Waals surface area contributed by atoms with Gasteiger partial charge in [0.15, 0.2) is 5.78 Å². The molecule has 2 nitrogen and oxygen atoms in total. The quantitative estimate of drug-likeness (QED) is 0.783. The van der Waals surface area contributed by atoms with Crippen molar-refractivity contribution >= 4 is 17.1 Å². The topological polar surface area (TPSA) is 43.1 Å². The molecule has 1 aromatic rings. The summed E-state index contributed by atoms with van der Waals surface area (Å²) in [6, 6.07) is 1.96. The predicted molar refractivity (Wildman–Crippen MR) is 65.5 cm³/mol. The van der Waals surface area contributed by atoms with E-state index in [4.69, 9.17) is 5.73 Å². The number of nitrogens with two attached hydrogens (primary N) is 1. The lowest BCUT2D eigenvalue weighted by atomic mass is 9.76. The van der Waals surface area contributed by atoms with Gasteiger partial charge >= 0.3 is 0 Å². The van der Waals surface area contributed by atoms with Gasteiger partial charge < -0.3 is 5.73 Å². The van der Waals surface area contributed by atoms with Crippen molar-refractivity contribution in [3.8, 4) is 0 Å². The Morgan fingerprint density at radius 1 is 1.47 bits per heavy atom. The molecular weight excluding hydrogens is 206 g/mol. The first kappa shape index (κ1) is 12.4. The average molecular weight is 225 g/mol. The van der Waals surface area contributed by atoms with Crippen molar-refractivity contribution in [2.75, 3.05) is 6.54 Å². The Morgan fingerprint density at radius 2 is 2.07 bits per heavy atom. The Morgan fingerprint density at radius 3 is 2.40 bits per heavy atom. The lowest BCUT2D eigenvalue weighted by Crippen LogP contribution is -2.37. The van der Waals surface area contributed by atoms with Crippen LogP contribution >= 0.6 is 11.3 Å². The molecule has 0 aliphatic carbocycles. The van der Waals surface area contributed by atoms with Crippen LogP contribution < -0.4 is 5.73 Å². The van der Waals surface area contributed by atoms with Crippen LogP contribution in [0.4, 0.5) is 0 Å². The van der Waals surface area contributed by atoms with Crippen LogP contribution in [0.1, 0.15) is 41.9 Å². The van der Waals surface area contributed by atoms with E-state index < -0.39 is 0 Å². The average Bonchev–Trinajstić information content (AvgIpc) is 2.68. The van der Waals surface area contributed by atoms with Crippen molar-refractivity contribution in [2.24, 2.45) is 11.1 Å². The number of hydrogen-bond donors (Lipinski definition) is 1. The fraction of sp³-hybridized carbons (Fsp3) is 0.583. The second kappa shape index (κ2) is 4.90. The molecule has 0 bridgehead atoms. The minimum absolute atomic E-state index is 0.208. The van der Waals surface area contributed by atoms with Crippen LogP contribution in [0, 0.1) is 12.3 Å². The SMILES string of the molecule is CCC(CC)(CN)C(=O)c1csc(C)c1. The molecule has 0 amide bonds. The Hall–Kier alpha value is -0.670. The molecule has 2 N–H and O–H groups in total. The minimum atomic E-state index is -0.354. The van der Waals surface area contributed by atoms with Crippen LogP contribution in [-0.4, -0.2) is 12.3 Å². The van der Waals surface area contributed by atoms with E-state index in [1.165, 1.54) is 4.88 Å². The van der Waals surface area contributed by atoms with Crippen molar-refractivity contribution in [3.05, 3.63) is 21.9 Å². The van der Waals surface area contributed by atoms with Gasteiger partial charge in [-0.05, 0) is 25.8 Å². The molecule has 1 aromatic heterocycles. The third-order valence-corrected chi connectivity index (χ3v) is 4.08. The first-order valence-electron chi connectivity index (χ1n) is 5.39. The van der Waals surface area contributed by atoms with Crippen molar-refractivity contribution in [1.29, 1.82) is 0 Å². The Labute approximate surface area is 95.5 Å². The summed E-state index contributed by atoms with van der Waals surface area (Å²) in [5.74, 6) is 0.208. The zero-order valence-corrected chi connectivity index (χ0v) is 10.5. The summed E-state index contributed by atoms with van der Waals surface area (Å²) in [7, 11) is 0. The van der Waals surface area contributed by atoms with Gasteiger partial charge in [0.1, 0.15) is 0 Å². The summed E-state index contributed by atoms with van der Waals surface area (Å²) >= 11 is 1.62. The molecule has 0 spiro atoms. The van der Waals surface area contributed by atoms with Crippen molar-refractivity contribution in [1.82, 2.24) is 0 Å².